The van der Waals surface area contributed by atoms with E-state index in [1.54, 1.807) is 32.0 Å². The van der Waals surface area contributed by atoms with Gasteiger partial charge in [0, 0.05) is 11.1 Å². The first-order valence-corrected chi connectivity index (χ1v) is 7.93. The van der Waals surface area contributed by atoms with Gasteiger partial charge in [0.15, 0.2) is 0 Å². The molecule has 0 saturated heterocycles. The molecule has 1 aliphatic rings. The van der Waals surface area contributed by atoms with Crippen molar-refractivity contribution in [1.82, 2.24) is 5.32 Å². The molecule has 5 nitrogen and oxygen atoms in total. The number of aliphatic hydroxyl groups is 1. The lowest BCUT2D eigenvalue weighted by Crippen LogP contribution is -2.53. The summed E-state index contributed by atoms with van der Waals surface area (Å²) in [5.41, 5.74) is 0.0477. The van der Waals surface area contributed by atoms with Crippen LogP contribution in [0.25, 0.3) is 0 Å². The van der Waals surface area contributed by atoms with E-state index in [9.17, 15) is 14.3 Å². The number of ether oxygens (including phenoxy) is 2. The molecule has 1 aliphatic heterocycles. The van der Waals surface area contributed by atoms with E-state index in [0.717, 1.165) is 0 Å². The van der Waals surface area contributed by atoms with Crippen molar-refractivity contribution in [2.75, 3.05) is 7.11 Å². The van der Waals surface area contributed by atoms with E-state index < -0.39 is 29.5 Å². The van der Waals surface area contributed by atoms with Crippen LogP contribution >= 0.6 is 0 Å². The molecule has 1 heterocycles. The van der Waals surface area contributed by atoms with Gasteiger partial charge in [-0.2, -0.15) is 0 Å². The Labute approximate surface area is 145 Å². The second-order valence-electron chi connectivity index (χ2n) is 6.51. The summed E-state index contributed by atoms with van der Waals surface area (Å²) >= 11 is 0. The van der Waals surface area contributed by atoms with Crippen LogP contribution in [0.2, 0.25) is 0 Å². The fraction of sp³-hybridized carbons (Fsp3) is 0.316. The number of benzene rings is 2. The van der Waals surface area contributed by atoms with Crippen molar-refractivity contribution in [2.45, 2.75) is 31.6 Å². The number of fused-ring (bicyclic) bond motifs is 1. The van der Waals surface area contributed by atoms with Gasteiger partial charge in [-0.25, -0.2) is 4.39 Å². The lowest BCUT2D eigenvalue weighted by Gasteiger charge is -2.42. The van der Waals surface area contributed by atoms with Crippen LogP contribution < -0.4 is 14.8 Å². The fourth-order valence-electron chi connectivity index (χ4n) is 2.89. The van der Waals surface area contributed by atoms with E-state index in [4.69, 9.17) is 9.47 Å². The third kappa shape index (κ3) is 3.30. The van der Waals surface area contributed by atoms with Crippen molar-refractivity contribution >= 4 is 5.91 Å². The van der Waals surface area contributed by atoms with E-state index in [0.29, 0.717) is 22.6 Å². The van der Waals surface area contributed by atoms with Gasteiger partial charge in [-0.1, -0.05) is 0 Å². The summed E-state index contributed by atoms with van der Waals surface area (Å²) in [5.74, 6) is 0.338. The van der Waals surface area contributed by atoms with Crippen molar-refractivity contribution < 1.29 is 23.8 Å². The number of nitrogens with one attached hydrogen (secondary N) is 1. The molecule has 0 radical (unpaired) electrons. The number of aliphatic hydroxyl groups excluding tert-OH is 1. The summed E-state index contributed by atoms with van der Waals surface area (Å²) in [6, 6.07) is 9.77. The quantitative estimate of drug-likeness (QED) is 0.898. The first-order valence-electron chi connectivity index (χ1n) is 7.93. The molecule has 0 aliphatic carbocycles. The van der Waals surface area contributed by atoms with Crippen LogP contribution in [0.15, 0.2) is 42.5 Å². The summed E-state index contributed by atoms with van der Waals surface area (Å²) in [6.07, 6.45) is -0.975. The highest BCUT2D eigenvalue weighted by Crippen LogP contribution is 2.41. The molecule has 2 aromatic carbocycles. The summed E-state index contributed by atoms with van der Waals surface area (Å²) in [7, 11) is 1.54. The highest BCUT2D eigenvalue weighted by molar-refractivity contribution is 5.94. The Morgan fingerprint density at radius 2 is 1.92 bits per heavy atom. The largest absolute Gasteiger partial charge is 0.497 e. The Balaban J connectivity index is 1.95. The number of carbonyl (C=O) groups is 1. The Bertz CT molecular complexity index is 789. The predicted octanol–water partition coefficient (Wildman–Crippen LogP) is 2.84. The molecule has 1 amide bonds. The minimum Gasteiger partial charge on any atom is -0.497 e. The van der Waals surface area contributed by atoms with Gasteiger partial charge in [-0.3, -0.25) is 4.79 Å². The van der Waals surface area contributed by atoms with Crippen molar-refractivity contribution in [1.29, 1.82) is 0 Å². The molecule has 0 fully saturated rings. The SMILES string of the molecule is COc1ccc2c(c1)C(NC(=O)c1ccc(F)cc1)C(O)C(C)(C)O2. The molecule has 2 N–H and O–H groups in total. The summed E-state index contributed by atoms with van der Waals surface area (Å²) in [5, 5.41) is 13.5. The van der Waals surface area contributed by atoms with Crippen LogP contribution in [-0.4, -0.2) is 29.8 Å². The zero-order chi connectivity index (χ0) is 18.2. The molecule has 25 heavy (non-hydrogen) atoms. The molecule has 0 saturated carbocycles. The van der Waals surface area contributed by atoms with E-state index in [1.165, 1.54) is 31.4 Å². The molecule has 2 aromatic rings. The average Bonchev–Trinajstić information content (AvgIpc) is 2.59. The molecule has 132 valence electrons. The third-order valence-electron chi connectivity index (χ3n) is 4.35. The van der Waals surface area contributed by atoms with E-state index in [-0.39, 0.29) is 0 Å². The summed E-state index contributed by atoms with van der Waals surface area (Å²) in [6.45, 7) is 3.50. The molecule has 0 spiro atoms. The summed E-state index contributed by atoms with van der Waals surface area (Å²) in [4.78, 5) is 12.5. The fourth-order valence-corrected chi connectivity index (χ4v) is 2.89. The zero-order valence-electron chi connectivity index (χ0n) is 14.2. The van der Waals surface area contributed by atoms with Crippen molar-refractivity contribution in [3.8, 4) is 11.5 Å². The van der Waals surface area contributed by atoms with Gasteiger partial charge >= 0.3 is 0 Å². The first-order chi connectivity index (χ1) is 11.8. The predicted molar refractivity (Wildman–Crippen MR) is 90.3 cm³/mol. The van der Waals surface area contributed by atoms with Crippen LogP contribution in [0.4, 0.5) is 4.39 Å². The highest BCUT2D eigenvalue weighted by Gasteiger charge is 2.43. The maximum Gasteiger partial charge on any atom is 0.251 e. The molecule has 0 bridgehead atoms. The first kappa shape index (κ1) is 17.2. The Morgan fingerprint density at radius 3 is 2.56 bits per heavy atom. The normalized spacial score (nSPS) is 21.0. The van der Waals surface area contributed by atoms with Crippen LogP contribution in [0.1, 0.15) is 35.8 Å². The van der Waals surface area contributed by atoms with Crippen LogP contribution in [-0.2, 0) is 0 Å². The average molecular weight is 345 g/mol. The standard InChI is InChI=1S/C19H20FNO4/c1-19(2)17(22)16(14-10-13(24-3)8-9-15(14)25-19)21-18(23)11-4-6-12(20)7-5-11/h4-10,16-17,22H,1-3H3,(H,21,23). The Kier molecular flexibility index (Phi) is 4.39. The minimum absolute atomic E-state index is 0.308. The number of amides is 1. The molecule has 3 rings (SSSR count). The van der Waals surface area contributed by atoms with Gasteiger partial charge in [-0.05, 0) is 56.3 Å². The minimum atomic E-state index is -0.975. The van der Waals surface area contributed by atoms with Gasteiger partial charge in [0.25, 0.3) is 5.91 Å². The van der Waals surface area contributed by atoms with E-state index in [2.05, 4.69) is 5.32 Å². The number of halogens is 1. The molecular formula is C19H20FNO4. The van der Waals surface area contributed by atoms with Crippen LogP contribution in [0.3, 0.4) is 0 Å². The molecule has 0 aromatic heterocycles. The highest BCUT2D eigenvalue weighted by atomic mass is 19.1. The Hall–Kier alpha value is -2.60. The number of carbonyl (C=O) groups excluding carboxylic acids is 1. The topological polar surface area (TPSA) is 67.8 Å². The van der Waals surface area contributed by atoms with Crippen molar-refractivity contribution in [3.05, 3.63) is 59.4 Å². The van der Waals surface area contributed by atoms with Crippen molar-refractivity contribution in [2.24, 2.45) is 0 Å². The van der Waals surface area contributed by atoms with Gasteiger partial charge in [0.05, 0.1) is 13.2 Å². The van der Waals surface area contributed by atoms with Gasteiger partial charge in [-0.15, -0.1) is 0 Å². The number of methoxy groups -OCH3 is 1. The number of hydrogen-bond acceptors (Lipinski definition) is 4. The molecular weight excluding hydrogens is 325 g/mol. The smallest absolute Gasteiger partial charge is 0.251 e. The molecule has 6 heteroatoms. The lowest BCUT2D eigenvalue weighted by molar-refractivity contribution is -0.0628. The summed E-state index contributed by atoms with van der Waals surface area (Å²) < 4.78 is 24.1. The van der Waals surface area contributed by atoms with Crippen molar-refractivity contribution in [3.63, 3.8) is 0 Å². The van der Waals surface area contributed by atoms with Gasteiger partial charge < -0.3 is 19.9 Å². The maximum atomic E-state index is 13.1. The molecule has 2 unspecified atom stereocenters. The zero-order valence-corrected chi connectivity index (χ0v) is 14.2. The van der Waals surface area contributed by atoms with Crippen LogP contribution in [0, 0.1) is 5.82 Å². The number of hydrogen-bond donors (Lipinski definition) is 2. The maximum absolute atomic E-state index is 13.1. The van der Waals surface area contributed by atoms with E-state index >= 15 is 0 Å². The van der Waals surface area contributed by atoms with Crippen LogP contribution in [0.5, 0.6) is 11.5 Å². The monoisotopic (exact) mass is 345 g/mol. The third-order valence-corrected chi connectivity index (χ3v) is 4.35. The van der Waals surface area contributed by atoms with Gasteiger partial charge in [0.1, 0.15) is 29.0 Å². The van der Waals surface area contributed by atoms with E-state index in [1.807, 2.05) is 0 Å². The number of rotatable bonds is 3. The lowest BCUT2D eigenvalue weighted by atomic mass is 9.86. The second-order valence-corrected chi connectivity index (χ2v) is 6.51. The second kappa shape index (κ2) is 6.37. The van der Waals surface area contributed by atoms with Gasteiger partial charge in [0.2, 0.25) is 0 Å². The Morgan fingerprint density at radius 1 is 1.24 bits per heavy atom. The molecule has 2 atom stereocenters.